The minimum atomic E-state index is 0.894. The Morgan fingerprint density at radius 3 is 2.47 bits per heavy atom. The normalized spacial score (nSPS) is 10.3. The van der Waals surface area contributed by atoms with Crippen LogP contribution < -0.4 is 15.2 Å². The average molecular weight is 257 g/mol. The summed E-state index contributed by atoms with van der Waals surface area (Å²) in [6.07, 6.45) is 0.894. The summed E-state index contributed by atoms with van der Waals surface area (Å²) < 4.78 is 2.06. The van der Waals surface area contributed by atoms with Crippen molar-refractivity contribution in [3.8, 4) is 0 Å². The Balaban J connectivity index is 2.51. The Morgan fingerprint density at radius 2 is 1.89 bits per heavy atom. The standard InChI is InChI=1S/C15H20N4/c1-5-13-14(18-12-9-7-6-8-10-12)15(16-3)19(4)11(2)17-13/h6-10,18H,5H2,1-4H3/p+1. The number of hydrogen-bond acceptors (Lipinski definition) is 3. The van der Waals surface area contributed by atoms with Crippen LogP contribution in [0.5, 0.6) is 0 Å². The van der Waals surface area contributed by atoms with E-state index in [1.807, 2.05) is 39.2 Å². The number of aromatic nitrogens is 2. The Morgan fingerprint density at radius 1 is 1.21 bits per heavy atom. The second-order valence-electron chi connectivity index (χ2n) is 4.48. The van der Waals surface area contributed by atoms with Crippen LogP contribution in [0.2, 0.25) is 0 Å². The molecule has 0 saturated carbocycles. The van der Waals surface area contributed by atoms with Crippen LogP contribution in [0.1, 0.15) is 18.4 Å². The van der Waals surface area contributed by atoms with E-state index in [4.69, 9.17) is 0 Å². The molecule has 0 aliphatic carbocycles. The van der Waals surface area contributed by atoms with Gasteiger partial charge in [-0.2, -0.15) is 0 Å². The van der Waals surface area contributed by atoms with Crippen molar-refractivity contribution in [3.63, 3.8) is 0 Å². The highest BCUT2D eigenvalue weighted by Crippen LogP contribution is 2.25. The maximum Gasteiger partial charge on any atom is 0.248 e. The van der Waals surface area contributed by atoms with Gasteiger partial charge in [-0.3, -0.25) is 0 Å². The first-order chi connectivity index (χ1) is 9.17. The zero-order chi connectivity index (χ0) is 13.8. The van der Waals surface area contributed by atoms with E-state index in [0.717, 1.165) is 35.1 Å². The van der Waals surface area contributed by atoms with Gasteiger partial charge in [-0.25, -0.2) is 4.57 Å². The molecule has 1 heterocycles. The van der Waals surface area contributed by atoms with Crippen molar-refractivity contribution >= 4 is 17.2 Å². The van der Waals surface area contributed by atoms with E-state index in [9.17, 15) is 0 Å². The molecule has 100 valence electrons. The van der Waals surface area contributed by atoms with Gasteiger partial charge in [-0.05, 0) is 12.1 Å². The number of aryl methyl sites for hydroxylation is 2. The molecule has 0 aliphatic rings. The Hall–Kier alpha value is -2.10. The molecular formula is C15H21N4+. The van der Waals surface area contributed by atoms with Gasteiger partial charge in [0.2, 0.25) is 11.6 Å². The van der Waals surface area contributed by atoms with Crippen molar-refractivity contribution in [2.45, 2.75) is 20.3 Å². The smallest absolute Gasteiger partial charge is 0.248 e. The lowest BCUT2D eigenvalue weighted by atomic mass is 10.2. The number of hydrogen-bond donors (Lipinski definition) is 2. The van der Waals surface area contributed by atoms with Crippen molar-refractivity contribution in [3.05, 3.63) is 41.9 Å². The van der Waals surface area contributed by atoms with Crippen molar-refractivity contribution in [1.82, 2.24) is 4.98 Å². The summed E-state index contributed by atoms with van der Waals surface area (Å²) in [6.45, 7) is 4.14. The van der Waals surface area contributed by atoms with Crippen LogP contribution >= 0.6 is 0 Å². The maximum absolute atomic E-state index is 4.66. The molecule has 0 unspecified atom stereocenters. The number of benzene rings is 1. The number of nitrogens with one attached hydrogen (secondary N) is 2. The number of nitrogens with zero attached hydrogens (tertiary/aromatic N) is 2. The zero-order valence-corrected chi connectivity index (χ0v) is 12.0. The molecule has 4 nitrogen and oxygen atoms in total. The largest absolute Gasteiger partial charge is 0.347 e. The SMILES string of the molecule is CCc1nc(C)[n+](C)c(NC)c1Nc1ccccc1. The van der Waals surface area contributed by atoms with Gasteiger partial charge in [-0.1, -0.05) is 25.1 Å². The molecule has 1 aromatic carbocycles. The molecule has 2 rings (SSSR count). The molecule has 2 aromatic rings. The third kappa shape index (κ3) is 2.67. The molecule has 4 heteroatoms. The zero-order valence-electron chi connectivity index (χ0n) is 12.0. The molecule has 0 aliphatic heterocycles. The lowest BCUT2D eigenvalue weighted by Gasteiger charge is -2.14. The third-order valence-electron chi connectivity index (χ3n) is 3.26. The predicted octanol–water partition coefficient (Wildman–Crippen LogP) is 2.56. The lowest BCUT2D eigenvalue weighted by molar-refractivity contribution is -0.666. The van der Waals surface area contributed by atoms with Crippen LogP contribution in [0.3, 0.4) is 0 Å². The summed E-state index contributed by atoms with van der Waals surface area (Å²) in [4.78, 5) is 4.66. The minimum Gasteiger partial charge on any atom is -0.347 e. The second kappa shape index (κ2) is 5.69. The number of rotatable bonds is 4. The molecule has 0 radical (unpaired) electrons. The summed E-state index contributed by atoms with van der Waals surface area (Å²) in [5, 5.41) is 6.73. The Labute approximate surface area is 114 Å². The first-order valence-electron chi connectivity index (χ1n) is 6.56. The molecule has 0 amide bonds. The third-order valence-corrected chi connectivity index (χ3v) is 3.26. The number of para-hydroxylation sites is 1. The highest BCUT2D eigenvalue weighted by Gasteiger charge is 2.19. The van der Waals surface area contributed by atoms with Crippen molar-refractivity contribution < 1.29 is 4.57 Å². The van der Waals surface area contributed by atoms with Gasteiger partial charge < -0.3 is 10.6 Å². The van der Waals surface area contributed by atoms with Crippen LogP contribution in [-0.4, -0.2) is 12.0 Å². The minimum absolute atomic E-state index is 0.894. The predicted molar refractivity (Wildman–Crippen MR) is 78.8 cm³/mol. The first-order valence-corrected chi connectivity index (χ1v) is 6.56. The summed E-state index contributed by atoms with van der Waals surface area (Å²) >= 11 is 0. The van der Waals surface area contributed by atoms with Gasteiger partial charge >= 0.3 is 0 Å². The Kier molecular flexibility index (Phi) is 4.00. The number of anilines is 3. The van der Waals surface area contributed by atoms with E-state index < -0.39 is 0 Å². The summed E-state index contributed by atoms with van der Waals surface area (Å²) in [7, 11) is 3.95. The molecule has 19 heavy (non-hydrogen) atoms. The van der Waals surface area contributed by atoms with Crippen molar-refractivity contribution in [2.24, 2.45) is 7.05 Å². The van der Waals surface area contributed by atoms with Crippen molar-refractivity contribution in [2.75, 3.05) is 17.7 Å². The molecule has 0 atom stereocenters. The molecule has 2 N–H and O–H groups in total. The second-order valence-corrected chi connectivity index (χ2v) is 4.48. The highest BCUT2D eigenvalue weighted by atomic mass is 15.2. The van der Waals surface area contributed by atoms with Gasteiger partial charge in [0.1, 0.15) is 5.69 Å². The van der Waals surface area contributed by atoms with Crippen LogP contribution in [0.15, 0.2) is 30.3 Å². The first kappa shape index (κ1) is 13.3. The summed E-state index contributed by atoms with van der Waals surface area (Å²) in [5.41, 5.74) is 3.19. The molecular weight excluding hydrogens is 236 g/mol. The van der Waals surface area contributed by atoms with Crippen LogP contribution in [-0.2, 0) is 13.5 Å². The monoisotopic (exact) mass is 257 g/mol. The van der Waals surface area contributed by atoms with E-state index in [0.29, 0.717) is 0 Å². The van der Waals surface area contributed by atoms with E-state index in [-0.39, 0.29) is 0 Å². The molecule has 0 bridgehead atoms. The quantitative estimate of drug-likeness (QED) is 0.827. The molecule has 0 spiro atoms. The van der Waals surface area contributed by atoms with Gasteiger partial charge in [-0.15, -0.1) is 4.98 Å². The molecule has 1 aromatic heterocycles. The Bertz CT molecular complexity index is 564. The average Bonchev–Trinajstić information content (AvgIpc) is 2.44. The highest BCUT2D eigenvalue weighted by molar-refractivity contribution is 5.71. The van der Waals surface area contributed by atoms with E-state index in [1.54, 1.807) is 0 Å². The molecule has 0 fully saturated rings. The van der Waals surface area contributed by atoms with Gasteiger partial charge in [0, 0.05) is 26.1 Å². The maximum atomic E-state index is 4.66. The fraction of sp³-hybridized carbons (Fsp3) is 0.333. The van der Waals surface area contributed by atoms with Crippen LogP contribution in [0.25, 0.3) is 0 Å². The van der Waals surface area contributed by atoms with Gasteiger partial charge in [0.05, 0.1) is 7.05 Å². The lowest BCUT2D eigenvalue weighted by Crippen LogP contribution is -2.38. The summed E-state index contributed by atoms with van der Waals surface area (Å²) in [6, 6.07) is 10.2. The fourth-order valence-electron chi connectivity index (χ4n) is 2.14. The topological polar surface area (TPSA) is 40.8 Å². The van der Waals surface area contributed by atoms with E-state index in [2.05, 4.69) is 39.2 Å². The van der Waals surface area contributed by atoms with Gasteiger partial charge in [0.25, 0.3) is 0 Å². The molecule has 0 saturated heterocycles. The fourth-order valence-corrected chi connectivity index (χ4v) is 2.14. The van der Waals surface area contributed by atoms with Crippen LogP contribution in [0.4, 0.5) is 17.2 Å². The van der Waals surface area contributed by atoms with Gasteiger partial charge in [0.15, 0.2) is 5.69 Å². The van der Waals surface area contributed by atoms with Crippen LogP contribution in [0, 0.1) is 6.92 Å². The van der Waals surface area contributed by atoms with Crippen molar-refractivity contribution in [1.29, 1.82) is 0 Å². The van der Waals surface area contributed by atoms with E-state index in [1.165, 1.54) is 0 Å². The summed E-state index contributed by atoms with van der Waals surface area (Å²) in [5.74, 6) is 2.05. The van der Waals surface area contributed by atoms with E-state index >= 15 is 0 Å².